The number of carbonyl (C=O) groups is 3. The molecule has 1 N–H and O–H groups in total. The van der Waals surface area contributed by atoms with E-state index in [0.717, 1.165) is 11.3 Å². The summed E-state index contributed by atoms with van der Waals surface area (Å²) in [7, 11) is 0. The number of rotatable bonds is 7. The Balaban J connectivity index is 2.94. The van der Waals surface area contributed by atoms with Gasteiger partial charge in [-0.2, -0.15) is 0 Å². The van der Waals surface area contributed by atoms with Crippen LogP contribution >= 0.6 is 11.3 Å². The van der Waals surface area contributed by atoms with Gasteiger partial charge in [0.15, 0.2) is 11.4 Å². The average molecular weight is 370 g/mol. The van der Waals surface area contributed by atoms with E-state index in [1.54, 1.807) is 20.8 Å². The molecule has 0 aliphatic heterocycles. The highest BCUT2D eigenvalue weighted by molar-refractivity contribution is 7.10. The average Bonchev–Trinajstić information content (AvgIpc) is 2.83. The van der Waals surface area contributed by atoms with E-state index >= 15 is 0 Å². The molecular weight excluding hydrogens is 348 g/mol. The molecule has 0 radical (unpaired) electrons. The zero-order chi connectivity index (χ0) is 19.4. The maximum atomic E-state index is 11.8. The van der Waals surface area contributed by atoms with Gasteiger partial charge >= 0.3 is 11.9 Å². The van der Waals surface area contributed by atoms with Gasteiger partial charge in [0.25, 0.3) is 0 Å². The summed E-state index contributed by atoms with van der Waals surface area (Å²) >= 11 is 1.11. The van der Waals surface area contributed by atoms with Gasteiger partial charge in [0, 0.05) is 5.38 Å². The largest absolute Gasteiger partial charge is 0.476 e. The standard InChI is InChI=1S/C16H22N2O6S/c1-9(19)16(5,6)24-18-13(14(21)22)10-8-25-11(17-10)7-12(20)23-15(2,3)4/h8H,7H2,1-6H3,(H,21,22)/b18-13-. The van der Waals surface area contributed by atoms with Gasteiger partial charge in [-0.05, 0) is 41.5 Å². The predicted octanol–water partition coefficient (Wildman–Crippen LogP) is 2.20. The highest BCUT2D eigenvalue weighted by Crippen LogP contribution is 2.16. The van der Waals surface area contributed by atoms with Crippen molar-refractivity contribution in [1.82, 2.24) is 4.98 Å². The second-order valence-electron chi connectivity index (χ2n) is 6.79. The molecule has 25 heavy (non-hydrogen) atoms. The van der Waals surface area contributed by atoms with Crippen molar-refractivity contribution < 1.29 is 29.1 Å². The number of ketones is 1. The SMILES string of the molecule is CC(=O)C(C)(C)O/N=C(\C(=O)O)c1csc(CC(=O)OC(C)(C)C)n1. The molecule has 0 aromatic carbocycles. The van der Waals surface area contributed by atoms with Crippen molar-refractivity contribution in [2.75, 3.05) is 0 Å². The number of aromatic nitrogens is 1. The molecule has 0 unspecified atom stereocenters. The molecule has 138 valence electrons. The lowest BCUT2D eigenvalue weighted by atomic mass is 10.1. The third-order valence-corrected chi connectivity index (χ3v) is 3.77. The van der Waals surface area contributed by atoms with Crippen molar-refractivity contribution in [2.24, 2.45) is 5.16 Å². The van der Waals surface area contributed by atoms with E-state index in [-0.39, 0.29) is 17.9 Å². The molecular formula is C16H22N2O6S. The van der Waals surface area contributed by atoms with E-state index in [1.165, 1.54) is 26.2 Å². The van der Waals surface area contributed by atoms with Crippen LogP contribution in [0, 0.1) is 0 Å². The smallest absolute Gasteiger partial charge is 0.360 e. The number of carboxylic acids is 1. The monoisotopic (exact) mass is 370 g/mol. The van der Waals surface area contributed by atoms with Crippen LogP contribution in [0.2, 0.25) is 0 Å². The summed E-state index contributed by atoms with van der Waals surface area (Å²) in [6.45, 7) is 9.53. The van der Waals surface area contributed by atoms with Gasteiger partial charge in [-0.1, -0.05) is 5.16 Å². The highest BCUT2D eigenvalue weighted by atomic mass is 32.1. The number of carbonyl (C=O) groups excluding carboxylic acids is 2. The van der Waals surface area contributed by atoms with Crippen LogP contribution < -0.4 is 0 Å². The molecule has 0 spiro atoms. The Morgan fingerprint density at radius 1 is 1.24 bits per heavy atom. The molecule has 8 nitrogen and oxygen atoms in total. The molecule has 0 aliphatic rings. The first-order valence-electron chi connectivity index (χ1n) is 7.49. The molecule has 0 amide bonds. The molecule has 0 saturated heterocycles. The summed E-state index contributed by atoms with van der Waals surface area (Å²) in [5.41, 5.74) is -2.26. The second-order valence-corrected chi connectivity index (χ2v) is 7.74. The van der Waals surface area contributed by atoms with Crippen LogP contribution in [0.1, 0.15) is 52.2 Å². The van der Waals surface area contributed by atoms with Gasteiger partial charge in [0.05, 0.1) is 6.42 Å². The van der Waals surface area contributed by atoms with E-state index in [0.29, 0.717) is 5.01 Å². The summed E-state index contributed by atoms with van der Waals surface area (Å²) in [6.07, 6.45) is -0.0748. The summed E-state index contributed by atoms with van der Waals surface area (Å²) in [5.74, 6) is -2.12. The molecule has 1 aromatic heterocycles. The minimum atomic E-state index is -1.35. The number of Topliss-reactive ketones (excluding diaryl/α,β-unsaturated/α-hetero) is 1. The number of ether oxygens (including phenoxy) is 1. The van der Waals surface area contributed by atoms with Crippen LogP contribution in [-0.2, 0) is 30.4 Å². The third-order valence-electron chi connectivity index (χ3n) is 2.93. The fraction of sp³-hybridized carbons (Fsp3) is 0.562. The Kier molecular flexibility index (Phi) is 6.42. The lowest BCUT2D eigenvalue weighted by molar-refractivity contribution is -0.154. The molecule has 9 heteroatoms. The summed E-state index contributed by atoms with van der Waals surface area (Å²) < 4.78 is 5.20. The molecule has 0 fully saturated rings. The van der Waals surface area contributed by atoms with Crippen molar-refractivity contribution in [3.63, 3.8) is 0 Å². The zero-order valence-corrected chi connectivity index (χ0v) is 15.9. The number of esters is 1. The minimum absolute atomic E-state index is 0.0513. The Bertz CT molecular complexity index is 700. The van der Waals surface area contributed by atoms with Crippen molar-refractivity contribution >= 4 is 34.8 Å². The maximum absolute atomic E-state index is 11.8. The molecule has 0 atom stereocenters. The van der Waals surface area contributed by atoms with Crippen molar-refractivity contribution in [3.8, 4) is 0 Å². The van der Waals surface area contributed by atoms with E-state index in [9.17, 15) is 19.5 Å². The first kappa shape index (κ1) is 20.8. The van der Waals surface area contributed by atoms with Crippen molar-refractivity contribution in [2.45, 2.75) is 59.2 Å². The summed E-state index contributed by atoms with van der Waals surface area (Å²) in [4.78, 5) is 43.8. The van der Waals surface area contributed by atoms with Crippen molar-refractivity contribution in [1.29, 1.82) is 0 Å². The lowest BCUT2D eigenvalue weighted by Crippen LogP contribution is -2.32. The number of hydrogen-bond acceptors (Lipinski definition) is 8. The van der Waals surface area contributed by atoms with E-state index < -0.39 is 28.9 Å². The van der Waals surface area contributed by atoms with Crippen LogP contribution in [0.25, 0.3) is 0 Å². The highest BCUT2D eigenvalue weighted by Gasteiger charge is 2.28. The molecule has 0 aliphatic carbocycles. The number of oxime groups is 1. The third kappa shape index (κ3) is 6.61. The Morgan fingerprint density at radius 2 is 1.84 bits per heavy atom. The second kappa shape index (κ2) is 7.73. The number of thiazole rings is 1. The molecule has 1 aromatic rings. The van der Waals surface area contributed by atoms with Crippen LogP contribution in [0.5, 0.6) is 0 Å². The molecule has 0 bridgehead atoms. The van der Waals surface area contributed by atoms with Gasteiger partial charge in [0.2, 0.25) is 5.71 Å². The fourth-order valence-corrected chi connectivity index (χ4v) is 2.19. The van der Waals surface area contributed by atoms with Gasteiger partial charge < -0.3 is 14.7 Å². The number of aliphatic carboxylic acids is 1. The molecule has 1 heterocycles. The van der Waals surface area contributed by atoms with E-state index in [2.05, 4.69) is 10.1 Å². The summed E-state index contributed by atoms with van der Waals surface area (Å²) in [6, 6.07) is 0. The van der Waals surface area contributed by atoms with Crippen LogP contribution in [0.15, 0.2) is 10.5 Å². The van der Waals surface area contributed by atoms with Gasteiger partial charge in [0.1, 0.15) is 16.3 Å². The van der Waals surface area contributed by atoms with Crippen molar-refractivity contribution in [3.05, 3.63) is 16.1 Å². The minimum Gasteiger partial charge on any atom is -0.476 e. The predicted molar refractivity (Wildman–Crippen MR) is 91.7 cm³/mol. The first-order chi connectivity index (χ1) is 11.3. The number of carboxylic acid groups (broad SMARTS) is 1. The molecule has 1 rings (SSSR count). The van der Waals surface area contributed by atoms with Crippen LogP contribution in [0.4, 0.5) is 0 Å². The van der Waals surface area contributed by atoms with Gasteiger partial charge in [-0.15, -0.1) is 11.3 Å². The normalized spacial score (nSPS) is 12.6. The zero-order valence-electron chi connectivity index (χ0n) is 15.1. The Morgan fingerprint density at radius 3 is 2.32 bits per heavy atom. The quantitative estimate of drug-likeness (QED) is 0.444. The van der Waals surface area contributed by atoms with Crippen LogP contribution in [0.3, 0.4) is 0 Å². The lowest BCUT2D eigenvalue weighted by Gasteiger charge is -2.18. The molecule has 0 saturated carbocycles. The Hall–Kier alpha value is -2.29. The maximum Gasteiger partial charge on any atom is 0.360 e. The topological polar surface area (TPSA) is 115 Å². The van der Waals surface area contributed by atoms with E-state index in [1.807, 2.05) is 0 Å². The fourth-order valence-electron chi connectivity index (χ4n) is 1.42. The number of nitrogens with zero attached hydrogens (tertiary/aromatic N) is 2. The number of hydrogen-bond donors (Lipinski definition) is 1. The van der Waals surface area contributed by atoms with E-state index in [4.69, 9.17) is 9.57 Å². The first-order valence-corrected chi connectivity index (χ1v) is 8.37. The van der Waals surface area contributed by atoms with Crippen LogP contribution in [-0.4, -0.2) is 44.7 Å². The van der Waals surface area contributed by atoms with Gasteiger partial charge in [-0.25, -0.2) is 9.78 Å². The van der Waals surface area contributed by atoms with Gasteiger partial charge in [-0.3, -0.25) is 9.59 Å². The summed E-state index contributed by atoms with van der Waals surface area (Å²) in [5, 5.41) is 14.7. The Labute approximate surface area is 149 Å².